The zero-order valence-electron chi connectivity index (χ0n) is 14.7. The molecule has 1 aromatic carbocycles. The average Bonchev–Trinajstić information content (AvgIpc) is 2.88. The molecule has 134 valence electrons. The summed E-state index contributed by atoms with van der Waals surface area (Å²) in [6, 6.07) is 6.98. The topological polar surface area (TPSA) is 49.4 Å². The summed E-state index contributed by atoms with van der Waals surface area (Å²) in [5.41, 5.74) is 2.72. The number of sulfonamides is 1. The molecule has 4 nitrogen and oxygen atoms in total. The predicted octanol–water partition coefficient (Wildman–Crippen LogP) is 2.99. The van der Waals surface area contributed by atoms with Gasteiger partial charge in [0.2, 0.25) is 10.0 Å². The number of halogens is 1. The Balaban J connectivity index is 1.54. The SMILES string of the molecule is CC(C)(C)S(=O)(=O)N1CCC(NC2Cc3ccc(Cl)cc3C2)CC1. The number of benzene rings is 1. The Labute approximate surface area is 150 Å². The van der Waals surface area contributed by atoms with Crippen LogP contribution in [0.3, 0.4) is 0 Å². The molecule has 1 fully saturated rings. The van der Waals surface area contributed by atoms with Gasteiger partial charge in [0.1, 0.15) is 0 Å². The lowest BCUT2D eigenvalue weighted by molar-refractivity contribution is 0.270. The van der Waals surface area contributed by atoms with Gasteiger partial charge in [-0.15, -0.1) is 0 Å². The van der Waals surface area contributed by atoms with E-state index in [4.69, 9.17) is 11.6 Å². The largest absolute Gasteiger partial charge is 0.310 e. The van der Waals surface area contributed by atoms with Gasteiger partial charge in [0.05, 0.1) is 4.75 Å². The van der Waals surface area contributed by atoms with Crippen LogP contribution in [0.5, 0.6) is 0 Å². The van der Waals surface area contributed by atoms with E-state index in [-0.39, 0.29) is 0 Å². The Hall–Kier alpha value is -0.620. The van der Waals surface area contributed by atoms with E-state index < -0.39 is 14.8 Å². The minimum absolute atomic E-state index is 0.395. The molecule has 0 aromatic heterocycles. The molecule has 1 aliphatic heterocycles. The Bertz CT molecular complexity index is 704. The molecule has 1 aromatic rings. The van der Waals surface area contributed by atoms with Crippen molar-refractivity contribution in [2.24, 2.45) is 0 Å². The van der Waals surface area contributed by atoms with Crippen LogP contribution < -0.4 is 5.32 Å². The Morgan fingerprint density at radius 2 is 1.71 bits per heavy atom. The van der Waals surface area contributed by atoms with Crippen molar-refractivity contribution < 1.29 is 8.42 Å². The van der Waals surface area contributed by atoms with E-state index in [1.165, 1.54) is 11.1 Å². The van der Waals surface area contributed by atoms with Crippen molar-refractivity contribution in [2.75, 3.05) is 13.1 Å². The molecule has 1 N–H and O–H groups in total. The van der Waals surface area contributed by atoms with Crippen molar-refractivity contribution >= 4 is 21.6 Å². The Kier molecular flexibility index (Phi) is 5.00. The van der Waals surface area contributed by atoms with Crippen LogP contribution in [0.1, 0.15) is 44.7 Å². The monoisotopic (exact) mass is 370 g/mol. The highest BCUT2D eigenvalue weighted by Crippen LogP contribution is 2.27. The van der Waals surface area contributed by atoms with Crippen molar-refractivity contribution in [3.63, 3.8) is 0 Å². The first-order chi connectivity index (χ1) is 11.2. The standard InChI is InChI=1S/C18H27ClN2O2S/c1-18(2,3)24(22,23)21-8-6-16(7-9-21)20-17-11-13-4-5-15(19)10-14(13)12-17/h4-5,10,16-17,20H,6-9,11-12H2,1-3H3. The van der Waals surface area contributed by atoms with Crippen molar-refractivity contribution in [3.05, 3.63) is 34.3 Å². The summed E-state index contributed by atoms with van der Waals surface area (Å²) >= 11 is 6.08. The van der Waals surface area contributed by atoms with Gasteiger partial charge in [0, 0.05) is 30.2 Å². The maximum Gasteiger partial charge on any atom is 0.219 e. The molecule has 0 saturated carbocycles. The maximum atomic E-state index is 12.5. The van der Waals surface area contributed by atoms with Crippen molar-refractivity contribution in [1.29, 1.82) is 0 Å². The lowest BCUT2D eigenvalue weighted by Gasteiger charge is -2.36. The molecule has 3 rings (SSSR count). The van der Waals surface area contributed by atoms with Gasteiger partial charge >= 0.3 is 0 Å². The van der Waals surface area contributed by atoms with Gasteiger partial charge in [-0.1, -0.05) is 17.7 Å². The summed E-state index contributed by atoms with van der Waals surface area (Å²) in [4.78, 5) is 0. The highest BCUT2D eigenvalue weighted by Gasteiger charge is 2.37. The molecule has 1 unspecified atom stereocenters. The fourth-order valence-corrected chi connectivity index (χ4v) is 5.35. The number of nitrogens with one attached hydrogen (secondary N) is 1. The first-order valence-electron chi connectivity index (χ1n) is 8.70. The molecule has 0 radical (unpaired) electrons. The molecule has 6 heteroatoms. The smallest absolute Gasteiger partial charge is 0.219 e. The van der Waals surface area contributed by atoms with Gasteiger partial charge in [0.25, 0.3) is 0 Å². The summed E-state index contributed by atoms with van der Waals surface area (Å²) in [5.74, 6) is 0. The van der Waals surface area contributed by atoms with E-state index in [1.807, 2.05) is 6.07 Å². The number of nitrogens with zero attached hydrogens (tertiary/aromatic N) is 1. The second kappa shape index (κ2) is 6.60. The van der Waals surface area contributed by atoms with Gasteiger partial charge in [-0.2, -0.15) is 0 Å². The zero-order chi connectivity index (χ0) is 17.5. The summed E-state index contributed by atoms with van der Waals surface area (Å²) in [7, 11) is -3.21. The molecule has 1 aliphatic carbocycles. The lowest BCUT2D eigenvalue weighted by atomic mass is 10.0. The summed E-state index contributed by atoms with van der Waals surface area (Å²) < 4.78 is 26.0. The van der Waals surface area contributed by atoms with Crippen LogP contribution in [0.25, 0.3) is 0 Å². The Morgan fingerprint density at radius 3 is 2.33 bits per heavy atom. The van der Waals surface area contributed by atoms with Crippen LogP contribution in [0.4, 0.5) is 0 Å². The Morgan fingerprint density at radius 1 is 1.08 bits per heavy atom. The van der Waals surface area contributed by atoms with Gasteiger partial charge in [-0.05, 0) is 69.7 Å². The van der Waals surface area contributed by atoms with Crippen molar-refractivity contribution in [1.82, 2.24) is 9.62 Å². The summed E-state index contributed by atoms with van der Waals surface area (Å²) in [5, 5.41) is 4.53. The molecule has 0 bridgehead atoms. The van der Waals surface area contributed by atoms with E-state index in [1.54, 1.807) is 25.1 Å². The van der Waals surface area contributed by atoms with Crippen molar-refractivity contribution in [2.45, 2.75) is 63.3 Å². The van der Waals surface area contributed by atoms with Crippen LogP contribution in [0, 0.1) is 0 Å². The highest BCUT2D eigenvalue weighted by atomic mass is 35.5. The predicted molar refractivity (Wildman–Crippen MR) is 99.1 cm³/mol. The molecule has 0 spiro atoms. The third-order valence-corrected chi connectivity index (χ3v) is 7.97. The van der Waals surface area contributed by atoms with Crippen LogP contribution in [-0.2, 0) is 22.9 Å². The fraction of sp³-hybridized carbons (Fsp3) is 0.667. The van der Waals surface area contributed by atoms with Crippen LogP contribution in [0.15, 0.2) is 18.2 Å². The number of rotatable bonds is 3. The molecule has 1 heterocycles. The van der Waals surface area contributed by atoms with E-state index in [0.717, 1.165) is 30.7 Å². The van der Waals surface area contributed by atoms with Gasteiger partial charge in [-0.3, -0.25) is 0 Å². The first-order valence-corrected chi connectivity index (χ1v) is 10.5. The van der Waals surface area contributed by atoms with Crippen LogP contribution >= 0.6 is 11.6 Å². The number of piperidine rings is 1. The first kappa shape index (κ1) is 18.2. The fourth-order valence-electron chi connectivity index (χ4n) is 3.69. The second-order valence-electron chi connectivity index (χ2n) is 7.98. The van der Waals surface area contributed by atoms with Gasteiger partial charge in [-0.25, -0.2) is 12.7 Å². The quantitative estimate of drug-likeness (QED) is 0.889. The summed E-state index contributed by atoms with van der Waals surface area (Å²) in [6.07, 6.45) is 3.80. The molecular weight excluding hydrogens is 344 g/mol. The third-order valence-electron chi connectivity index (χ3n) is 5.14. The number of hydrogen-bond acceptors (Lipinski definition) is 3. The van der Waals surface area contributed by atoms with Crippen molar-refractivity contribution in [3.8, 4) is 0 Å². The minimum Gasteiger partial charge on any atom is -0.310 e. The molecule has 24 heavy (non-hydrogen) atoms. The van der Waals surface area contributed by atoms with Crippen LogP contribution in [0.2, 0.25) is 5.02 Å². The normalized spacial score (nSPS) is 23.4. The zero-order valence-corrected chi connectivity index (χ0v) is 16.3. The van der Waals surface area contributed by atoms with Gasteiger partial charge in [0.15, 0.2) is 0 Å². The average molecular weight is 371 g/mol. The minimum atomic E-state index is -3.21. The molecule has 1 atom stereocenters. The van der Waals surface area contributed by atoms with Crippen LogP contribution in [-0.4, -0.2) is 42.6 Å². The highest BCUT2D eigenvalue weighted by molar-refractivity contribution is 7.90. The molecular formula is C18H27ClN2O2S. The lowest BCUT2D eigenvalue weighted by Crippen LogP contribution is -2.51. The van der Waals surface area contributed by atoms with Gasteiger partial charge < -0.3 is 5.32 Å². The number of fused-ring (bicyclic) bond motifs is 1. The van der Waals surface area contributed by atoms with E-state index in [0.29, 0.717) is 25.2 Å². The van der Waals surface area contributed by atoms with E-state index >= 15 is 0 Å². The summed E-state index contributed by atoms with van der Waals surface area (Å²) in [6.45, 7) is 6.54. The second-order valence-corrected chi connectivity index (χ2v) is 11.1. The van der Waals surface area contributed by atoms with E-state index in [2.05, 4.69) is 17.4 Å². The molecule has 2 aliphatic rings. The maximum absolute atomic E-state index is 12.5. The number of hydrogen-bond donors (Lipinski definition) is 1. The molecule has 1 saturated heterocycles. The molecule has 0 amide bonds. The third kappa shape index (κ3) is 3.64. The van der Waals surface area contributed by atoms with E-state index in [9.17, 15) is 8.42 Å².